The zero-order valence-electron chi connectivity index (χ0n) is 12.5. The van der Waals surface area contributed by atoms with Crippen molar-refractivity contribution in [3.63, 3.8) is 0 Å². The van der Waals surface area contributed by atoms with E-state index < -0.39 is 0 Å². The molecule has 4 nitrogen and oxygen atoms in total. The molecule has 0 atom stereocenters. The second-order valence-electron chi connectivity index (χ2n) is 4.85. The molecule has 1 aromatic heterocycles. The highest BCUT2D eigenvalue weighted by Gasteiger charge is 2.05. The van der Waals surface area contributed by atoms with Gasteiger partial charge >= 0.3 is 0 Å². The third kappa shape index (κ3) is 3.61. The highest BCUT2D eigenvalue weighted by molar-refractivity contribution is 5.51. The molecule has 0 saturated heterocycles. The second kappa shape index (κ2) is 7.10. The average Bonchev–Trinajstić information content (AvgIpc) is 2.84. The van der Waals surface area contributed by atoms with E-state index in [1.165, 1.54) is 16.9 Å². The van der Waals surface area contributed by atoms with Gasteiger partial charge < -0.3 is 10.1 Å². The standard InChI is InChI=1S/C16H23N3O/c1-4-19-15(11-13(2)18-19)12-17-16-8-6-5-7-14(16)9-10-20-3/h5-8,11,17H,4,9-10,12H2,1-3H3. The summed E-state index contributed by atoms with van der Waals surface area (Å²) in [5, 5.41) is 7.98. The van der Waals surface area contributed by atoms with Gasteiger partial charge in [0.25, 0.3) is 0 Å². The Hall–Kier alpha value is -1.81. The molecule has 1 aromatic carbocycles. The van der Waals surface area contributed by atoms with Gasteiger partial charge in [0, 0.05) is 19.3 Å². The predicted molar refractivity (Wildman–Crippen MR) is 82.0 cm³/mol. The van der Waals surface area contributed by atoms with Gasteiger partial charge in [-0.2, -0.15) is 5.10 Å². The Bertz CT molecular complexity index is 548. The molecule has 0 aliphatic carbocycles. The number of aryl methyl sites for hydroxylation is 2. The molecule has 1 N–H and O–H groups in total. The summed E-state index contributed by atoms with van der Waals surface area (Å²) in [5.74, 6) is 0. The first-order valence-electron chi connectivity index (χ1n) is 7.08. The molecule has 0 saturated carbocycles. The Morgan fingerprint density at radius 1 is 1.30 bits per heavy atom. The van der Waals surface area contributed by atoms with Gasteiger partial charge in [0.05, 0.1) is 24.5 Å². The number of hydrogen-bond acceptors (Lipinski definition) is 3. The molecule has 108 valence electrons. The zero-order valence-corrected chi connectivity index (χ0v) is 12.5. The van der Waals surface area contributed by atoms with Crippen LogP contribution in [0.4, 0.5) is 5.69 Å². The van der Waals surface area contributed by atoms with Gasteiger partial charge in [0.1, 0.15) is 0 Å². The van der Waals surface area contributed by atoms with Gasteiger partial charge in [-0.05, 0) is 38.0 Å². The lowest BCUT2D eigenvalue weighted by molar-refractivity contribution is 0.202. The van der Waals surface area contributed by atoms with E-state index in [0.29, 0.717) is 0 Å². The molecule has 0 radical (unpaired) electrons. The SMILES string of the molecule is CCn1nc(C)cc1CNc1ccccc1CCOC. The minimum Gasteiger partial charge on any atom is -0.384 e. The van der Waals surface area contributed by atoms with E-state index >= 15 is 0 Å². The maximum absolute atomic E-state index is 5.16. The molecule has 0 amide bonds. The van der Waals surface area contributed by atoms with Crippen LogP contribution in [0.3, 0.4) is 0 Å². The Labute approximate surface area is 120 Å². The average molecular weight is 273 g/mol. The van der Waals surface area contributed by atoms with Crippen molar-refractivity contribution in [2.24, 2.45) is 0 Å². The van der Waals surface area contributed by atoms with Gasteiger partial charge in [0.15, 0.2) is 0 Å². The first kappa shape index (κ1) is 14.6. The lowest BCUT2D eigenvalue weighted by Gasteiger charge is -2.12. The van der Waals surface area contributed by atoms with E-state index in [-0.39, 0.29) is 0 Å². The van der Waals surface area contributed by atoms with Gasteiger partial charge in [-0.25, -0.2) is 0 Å². The highest BCUT2D eigenvalue weighted by Crippen LogP contribution is 2.17. The molecule has 0 aliphatic heterocycles. The lowest BCUT2D eigenvalue weighted by Crippen LogP contribution is -2.09. The fourth-order valence-corrected chi connectivity index (χ4v) is 2.32. The fourth-order valence-electron chi connectivity index (χ4n) is 2.32. The van der Waals surface area contributed by atoms with Crippen LogP contribution in [0, 0.1) is 6.92 Å². The van der Waals surface area contributed by atoms with Crippen LogP contribution in [-0.4, -0.2) is 23.5 Å². The van der Waals surface area contributed by atoms with Gasteiger partial charge in [-0.1, -0.05) is 18.2 Å². The fraction of sp³-hybridized carbons (Fsp3) is 0.438. The molecular weight excluding hydrogens is 250 g/mol. The third-order valence-electron chi connectivity index (χ3n) is 3.34. The number of methoxy groups -OCH3 is 1. The van der Waals surface area contributed by atoms with Crippen LogP contribution in [0.2, 0.25) is 0 Å². The van der Waals surface area contributed by atoms with E-state index in [1.54, 1.807) is 7.11 Å². The van der Waals surface area contributed by atoms with Crippen molar-refractivity contribution in [2.45, 2.75) is 33.4 Å². The quantitative estimate of drug-likeness (QED) is 0.843. The van der Waals surface area contributed by atoms with Crippen molar-refractivity contribution in [1.29, 1.82) is 0 Å². The molecule has 1 heterocycles. The number of ether oxygens (including phenoxy) is 1. The maximum atomic E-state index is 5.16. The van der Waals surface area contributed by atoms with Crippen LogP contribution >= 0.6 is 0 Å². The van der Waals surface area contributed by atoms with Crippen molar-refractivity contribution < 1.29 is 4.74 Å². The number of anilines is 1. The smallest absolute Gasteiger partial charge is 0.0597 e. The van der Waals surface area contributed by atoms with Crippen LogP contribution in [0.5, 0.6) is 0 Å². The highest BCUT2D eigenvalue weighted by atomic mass is 16.5. The topological polar surface area (TPSA) is 39.1 Å². The summed E-state index contributed by atoms with van der Waals surface area (Å²) in [6.07, 6.45) is 0.922. The van der Waals surface area contributed by atoms with E-state index in [1.807, 2.05) is 11.6 Å². The Morgan fingerprint density at radius 2 is 2.10 bits per heavy atom. The van der Waals surface area contributed by atoms with E-state index in [4.69, 9.17) is 4.74 Å². The molecule has 0 aliphatic rings. The largest absolute Gasteiger partial charge is 0.384 e. The van der Waals surface area contributed by atoms with Crippen molar-refractivity contribution in [1.82, 2.24) is 9.78 Å². The van der Waals surface area contributed by atoms with E-state index in [2.05, 4.69) is 47.7 Å². The van der Waals surface area contributed by atoms with Crippen LogP contribution in [0.25, 0.3) is 0 Å². The van der Waals surface area contributed by atoms with Crippen molar-refractivity contribution in [2.75, 3.05) is 19.0 Å². The molecule has 20 heavy (non-hydrogen) atoms. The Morgan fingerprint density at radius 3 is 2.85 bits per heavy atom. The van der Waals surface area contributed by atoms with E-state index in [0.717, 1.165) is 31.8 Å². The molecule has 0 spiro atoms. The van der Waals surface area contributed by atoms with Gasteiger partial charge in [-0.3, -0.25) is 4.68 Å². The summed E-state index contributed by atoms with van der Waals surface area (Å²) in [6.45, 7) is 6.57. The number of rotatable bonds is 7. The van der Waals surface area contributed by atoms with Crippen molar-refractivity contribution in [3.8, 4) is 0 Å². The molecule has 4 heteroatoms. The number of nitrogens with zero attached hydrogens (tertiary/aromatic N) is 2. The summed E-state index contributed by atoms with van der Waals surface area (Å²) >= 11 is 0. The molecule has 2 aromatic rings. The third-order valence-corrected chi connectivity index (χ3v) is 3.34. The summed E-state index contributed by atoms with van der Waals surface area (Å²) in [6, 6.07) is 10.5. The van der Waals surface area contributed by atoms with Gasteiger partial charge in [-0.15, -0.1) is 0 Å². The van der Waals surface area contributed by atoms with Gasteiger partial charge in [0.2, 0.25) is 0 Å². The number of para-hydroxylation sites is 1. The maximum Gasteiger partial charge on any atom is 0.0597 e. The Balaban J connectivity index is 2.06. The van der Waals surface area contributed by atoms with Crippen LogP contribution < -0.4 is 5.32 Å². The zero-order chi connectivity index (χ0) is 14.4. The minimum atomic E-state index is 0.741. The monoisotopic (exact) mass is 273 g/mol. The first-order valence-corrected chi connectivity index (χ1v) is 7.08. The number of benzene rings is 1. The normalized spacial score (nSPS) is 10.8. The second-order valence-corrected chi connectivity index (χ2v) is 4.85. The number of aromatic nitrogens is 2. The van der Waals surface area contributed by atoms with Crippen molar-refractivity contribution in [3.05, 3.63) is 47.3 Å². The van der Waals surface area contributed by atoms with E-state index in [9.17, 15) is 0 Å². The number of hydrogen-bond donors (Lipinski definition) is 1. The Kier molecular flexibility index (Phi) is 5.18. The molecule has 0 bridgehead atoms. The minimum absolute atomic E-state index is 0.741. The summed E-state index contributed by atoms with van der Waals surface area (Å²) in [7, 11) is 1.73. The molecule has 0 unspecified atom stereocenters. The number of nitrogens with one attached hydrogen (secondary N) is 1. The first-order chi connectivity index (χ1) is 9.74. The lowest BCUT2D eigenvalue weighted by atomic mass is 10.1. The van der Waals surface area contributed by atoms with Crippen molar-refractivity contribution >= 4 is 5.69 Å². The van der Waals surface area contributed by atoms with Crippen LogP contribution in [-0.2, 0) is 24.2 Å². The predicted octanol–water partition coefficient (Wildman–Crippen LogP) is 3.01. The summed E-state index contributed by atoms with van der Waals surface area (Å²) < 4.78 is 7.20. The van der Waals surface area contributed by atoms with Crippen LogP contribution in [0.1, 0.15) is 23.9 Å². The van der Waals surface area contributed by atoms with Crippen LogP contribution in [0.15, 0.2) is 30.3 Å². The molecular formula is C16H23N3O. The summed E-state index contributed by atoms with van der Waals surface area (Å²) in [5.41, 5.74) is 4.74. The molecule has 2 rings (SSSR count). The summed E-state index contributed by atoms with van der Waals surface area (Å²) in [4.78, 5) is 0. The molecule has 0 fully saturated rings.